The number of hydrogen-bond donors (Lipinski definition) is 1. The lowest BCUT2D eigenvalue weighted by molar-refractivity contribution is 0.170. The molecule has 0 amide bonds. The summed E-state index contributed by atoms with van der Waals surface area (Å²) in [6.07, 6.45) is 0. The van der Waals surface area contributed by atoms with Crippen LogP contribution in [0.4, 0.5) is 5.69 Å². The Bertz CT molecular complexity index is 480. The number of hydrogen-bond acceptors (Lipinski definition) is 3. The number of piperazine rings is 1. The van der Waals surface area contributed by atoms with Crippen LogP contribution in [0.3, 0.4) is 0 Å². The van der Waals surface area contributed by atoms with Crippen molar-refractivity contribution in [3.05, 3.63) is 28.8 Å². The van der Waals surface area contributed by atoms with Crippen molar-refractivity contribution in [1.82, 2.24) is 4.90 Å². The predicted octanol–water partition coefficient (Wildman–Crippen LogP) is 2.50. The van der Waals surface area contributed by atoms with Crippen molar-refractivity contribution in [2.45, 2.75) is 25.9 Å². The van der Waals surface area contributed by atoms with Crippen molar-refractivity contribution in [1.29, 1.82) is 0 Å². The third kappa shape index (κ3) is 3.02. The number of anilines is 1. The largest absolute Gasteiger partial charge is 0.389 e. The number of benzene rings is 1. The van der Waals surface area contributed by atoms with Crippen LogP contribution in [0.1, 0.15) is 19.4 Å². The summed E-state index contributed by atoms with van der Waals surface area (Å²) in [4.78, 5) is 5.11. The average molecular weight is 298 g/mol. The molecule has 0 spiro atoms. The predicted molar refractivity (Wildman–Crippen MR) is 86.2 cm³/mol. The molecule has 2 atom stereocenters. The molecule has 0 bridgehead atoms. The van der Waals surface area contributed by atoms with Crippen molar-refractivity contribution >= 4 is 34.5 Å². The van der Waals surface area contributed by atoms with Gasteiger partial charge in [-0.1, -0.05) is 23.8 Å². The summed E-state index contributed by atoms with van der Waals surface area (Å²) in [5.41, 5.74) is 7.51. The Balaban J connectivity index is 2.25. The van der Waals surface area contributed by atoms with Crippen molar-refractivity contribution < 1.29 is 0 Å². The Labute approximate surface area is 125 Å². The van der Waals surface area contributed by atoms with Crippen LogP contribution < -0.4 is 10.6 Å². The quantitative estimate of drug-likeness (QED) is 0.850. The maximum absolute atomic E-state index is 6.37. The molecule has 1 aromatic rings. The molecule has 1 aliphatic heterocycles. The van der Waals surface area contributed by atoms with Crippen molar-refractivity contribution in [2.24, 2.45) is 5.73 Å². The van der Waals surface area contributed by atoms with Gasteiger partial charge >= 0.3 is 0 Å². The summed E-state index contributed by atoms with van der Waals surface area (Å²) in [5.74, 6) is 0. The summed E-state index contributed by atoms with van der Waals surface area (Å²) >= 11 is 11.3. The van der Waals surface area contributed by atoms with E-state index in [4.69, 9.17) is 29.6 Å². The molecule has 1 fully saturated rings. The van der Waals surface area contributed by atoms with Gasteiger partial charge in [-0.15, -0.1) is 0 Å². The molecule has 19 heavy (non-hydrogen) atoms. The Hall–Kier alpha value is -0.840. The Morgan fingerprint density at radius 3 is 2.37 bits per heavy atom. The van der Waals surface area contributed by atoms with Gasteiger partial charge in [0.1, 0.15) is 4.99 Å². The molecule has 1 aromatic carbocycles. The summed E-state index contributed by atoms with van der Waals surface area (Å²) in [5, 5.41) is 0.717. The molecule has 1 aliphatic rings. The third-order valence-corrected chi connectivity index (χ3v) is 4.47. The lowest BCUT2D eigenvalue weighted by Gasteiger charge is -2.43. The van der Waals surface area contributed by atoms with E-state index in [9.17, 15) is 0 Å². The van der Waals surface area contributed by atoms with Crippen LogP contribution in [0.2, 0.25) is 5.02 Å². The second-order valence-electron chi connectivity index (χ2n) is 5.30. The highest BCUT2D eigenvalue weighted by Crippen LogP contribution is 2.29. The van der Waals surface area contributed by atoms with E-state index in [0.29, 0.717) is 22.1 Å². The monoisotopic (exact) mass is 297 g/mol. The molecule has 1 saturated heterocycles. The lowest BCUT2D eigenvalue weighted by Crippen LogP contribution is -2.55. The highest BCUT2D eigenvalue weighted by molar-refractivity contribution is 7.80. The average Bonchev–Trinajstić information content (AvgIpc) is 2.35. The van der Waals surface area contributed by atoms with E-state index in [1.54, 1.807) is 0 Å². The molecule has 0 aromatic heterocycles. The Kier molecular flexibility index (Phi) is 4.33. The second-order valence-corrected chi connectivity index (χ2v) is 6.15. The minimum absolute atomic E-state index is 0.383. The molecule has 5 heteroatoms. The maximum atomic E-state index is 6.37. The van der Waals surface area contributed by atoms with E-state index in [2.05, 4.69) is 30.7 Å². The molecule has 1 heterocycles. The standard InChI is InChI=1S/C14H20ClN3S/c1-9-7-18(8-10(2)17(9)3)13-5-4-11(14(16)19)6-12(13)15/h4-6,9-10H,7-8H2,1-3H3,(H2,16,19). The van der Waals surface area contributed by atoms with Gasteiger partial charge < -0.3 is 10.6 Å². The Morgan fingerprint density at radius 1 is 1.32 bits per heavy atom. The molecule has 0 saturated carbocycles. The van der Waals surface area contributed by atoms with Crippen LogP contribution in [0.5, 0.6) is 0 Å². The highest BCUT2D eigenvalue weighted by atomic mass is 35.5. The second kappa shape index (κ2) is 5.65. The SMILES string of the molecule is CC1CN(c2ccc(C(N)=S)cc2Cl)CC(C)N1C. The number of halogens is 1. The van der Waals surface area contributed by atoms with Crippen molar-refractivity contribution in [3.63, 3.8) is 0 Å². The topological polar surface area (TPSA) is 32.5 Å². The van der Waals surface area contributed by atoms with Crippen molar-refractivity contribution in [2.75, 3.05) is 25.0 Å². The molecular weight excluding hydrogens is 278 g/mol. The van der Waals surface area contributed by atoms with Gasteiger partial charge in [-0.05, 0) is 39.1 Å². The number of thiocarbonyl (C=S) groups is 1. The fourth-order valence-corrected chi connectivity index (χ4v) is 2.94. The van der Waals surface area contributed by atoms with Gasteiger partial charge in [0.25, 0.3) is 0 Å². The van der Waals surface area contributed by atoms with E-state index >= 15 is 0 Å². The first kappa shape index (κ1) is 14.6. The number of rotatable bonds is 2. The molecule has 2 rings (SSSR count). The molecule has 2 unspecified atom stereocenters. The van der Waals surface area contributed by atoms with Crippen LogP contribution in [0, 0.1) is 0 Å². The lowest BCUT2D eigenvalue weighted by atomic mass is 10.1. The van der Waals surface area contributed by atoms with Gasteiger partial charge in [0, 0.05) is 30.7 Å². The Morgan fingerprint density at radius 2 is 1.89 bits per heavy atom. The smallest absolute Gasteiger partial charge is 0.104 e. The van der Waals surface area contributed by atoms with Crippen LogP contribution in [0.25, 0.3) is 0 Å². The number of nitrogens with two attached hydrogens (primary N) is 1. The first-order valence-electron chi connectivity index (χ1n) is 6.46. The zero-order valence-electron chi connectivity index (χ0n) is 11.6. The molecule has 0 aliphatic carbocycles. The first-order valence-corrected chi connectivity index (χ1v) is 7.25. The van der Waals surface area contributed by atoms with Crippen LogP contribution in [0.15, 0.2) is 18.2 Å². The van der Waals surface area contributed by atoms with Gasteiger partial charge in [0.05, 0.1) is 10.7 Å². The van der Waals surface area contributed by atoms with E-state index in [1.807, 2.05) is 18.2 Å². The van der Waals surface area contributed by atoms with Gasteiger partial charge in [-0.2, -0.15) is 0 Å². The molecular formula is C14H20ClN3S. The van der Waals surface area contributed by atoms with Gasteiger partial charge in [0.15, 0.2) is 0 Å². The fraction of sp³-hybridized carbons (Fsp3) is 0.500. The van der Waals surface area contributed by atoms with E-state index in [-0.39, 0.29) is 0 Å². The van der Waals surface area contributed by atoms with E-state index < -0.39 is 0 Å². The van der Waals surface area contributed by atoms with Gasteiger partial charge in [-0.25, -0.2) is 0 Å². The zero-order chi connectivity index (χ0) is 14.2. The molecule has 104 valence electrons. The molecule has 3 nitrogen and oxygen atoms in total. The third-order valence-electron chi connectivity index (χ3n) is 3.93. The van der Waals surface area contributed by atoms with Crippen LogP contribution in [-0.2, 0) is 0 Å². The van der Waals surface area contributed by atoms with E-state index in [1.165, 1.54) is 0 Å². The summed E-state index contributed by atoms with van der Waals surface area (Å²) in [6.45, 7) is 6.43. The first-order chi connectivity index (χ1) is 8.90. The van der Waals surface area contributed by atoms with Crippen LogP contribution >= 0.6 is 23.8 Å². The summed E-state index contributed by atoms with van der Waals surface area (Å²) in [7, 11) is 2.17. The van der Waals surface area contributed by atoms with Gasteiger partial charge in [-0.3, -0.25) is 4.90 Å². The maximum Gasteiger partial charge on any atom is 0.104 e. The molecule has 0 radical (unpaired) electrons. The number of nitrogens with zero attached hydrogens (tertiary/aromatic N) is 2. The van der Waals surface area contributed by atoms with Crippen molar-refractivity contribution in [3.8, 4) is 0 Å². The minimum Gasteiger partial charge on any atom is -0.389 e. The normalized spacial score (nSPS) is 24.5. The van der Waals surface area contributed by atoms with E-state index in [0.717, 1.165) is 24.3 Å². The zero-order valence-corrected chi connectivity index (χ0v) is 13.1. The summed E-state index contributed by atoms with van der Waals surface area (Å²) < 4.78 is 0. The summed E-state index contributed by atoms with van der Waals surface area (Å²) in [6, 6.07) is 6.83. The van der Waals surface area contributed by atoms with Gasteiger partial charge in [0.2, 0.25) is 0 Å². The highest BCUT2D eigenvalue weighted by Gasteiger charge is 2.27. The number of likely N-dealkylation sites (N-methyl/N-ethyl adjacent to an activating group) is 1. The van der Waals surface area contributed by atoms with Crippen LogP contribution in [-0.4, -0.2) is 42.1 Å². The molecule has 2 N–H and O–H groups in total. The minimum atomic E-state index is 0.383. The fourth-order valence-electron chi connectivity index (χ4n) is 2.52.